The van der Waals surface area contributed by atoms with Crippen LogP contribution in [-0.2, 0) is 11.3 Å². The minimum absolute atomic E-state index is 0.139. The van der Waals surface area contributed by atoms with E-state index in [1.807, 2.05) is 18.2 Å². The van der Waals surface area contributed by atoms with Gasteiger partial charge < -0.3 is 20.1 Å². The van der Waals surface area contributed by atoms with Crippen molar-refractivity contribution in [1.82, 2.24) is 10.2 Å². The van der Waals surface area contributed by atoms with Crippen LogP contribution in [0.3, 0.4) is 0 Å². The summed E-state index contributed by atoms with van der Waals surface area (Å²) in [6.07, 6.45) is 1.02. The number of hydrogen-bond donors (Lipinski definition) is 2. The lowest BCUT2D eigenvalue weighted by atomic mass is 9.91. The maximum Gasteiger partial charge on any atom is 0.407 e. The van der Waals surface area contributed by atoms with E-state index in [-0.39, 0.29) is 18.3 Å². The van der Waals surface area contributed by atoms with Crippen LogP contribution in [-0.4, -0.2) is 47.2 Å². The largest absolute Gasteiger partial charge is 0.439 e. The Balaban J connectivity index is 1.54. The van der Waals surface area contributed by atoms with E-state index in [4.69, 9.17) is 4.74 Å². The summed E-state index contributed by atoms with van der Waals surface area (Å²) in [5, 5.41) is 13.7. The van der Waals surface area contributed by atoms with Gasteiger partial charge in [0.1, 0.15) is 11.4 Å². The molecule has 2 aliphatic rings. The molecular formula is C25H23FN2O4. The molecule has 2 N–H and O–H groups in total. The van der Waals surface area contributed by atoms with Crippen LogP contribution in [0.2, 0.25) is 0 Å². The van der Waals surface area contributed by atoms with Gasteiger partial charge in [-0.25, -0.2) is 9.18 Å². The molecule has 7 heteroatoms. The lowest BCUT2D eigenvalue weighted by Gasteiger charge is -2.38. The third-order valence-electron chi connectivity index (χ3n) is 6.35. The fourth-order valence-corrected chi connectivity index (χ4v) is 4.78. The Morgan fingerprint density at radius 3 is 2.72 bits per heavy atom. The fourth-order valence-electron chi connectivity index (χ4n) is 4.78. The third-order valence-corrected chi connectivity index (χ3v) is 6.35. The van der Waals surface area contributed by atoms with E-state index in [1.165, 1.54) is 6.07 Å². The number of hydrogen-bond acceptors (Lipinski definition) is 4. The van der Waals surface area contributed by atoms with Gasteiger partial charge in [-0.2, -0.15) is 0 Å². The van der Waals surface area contributed by atoms with E-state index in [0.29, 0.717) is 41.9 Å². The highest BCUT2D eigenvalue weighted by Crippen LogP contribution is 2.34. The van der Waals surface area contributed by atoms with E-state index in [9.17, 15) is 19.1 Å². The molecule has 2 heterocycles. The van der Waals surface area contributed by atoms with Gasteiger partial charge >= 0.3 is 6.09 Å². The molecular weight excluding hydrogens is 411 g/mol. The van der Waals surface area contributed by atoms with Crippen LogP contribution in [0, 0.1) is 5.82 Å². The zero-order valence-corrected chi connectivity index (χ0v) is 17.4. The predicted molar refractivity (Wildman–Crippen MR) is 118 cm³/mol. The third kappa shape index (κ3) is 3.48. The smallest absolute Gasteiger partial charge is 0.407 e. The summed E-state index contributed by atoms with van der Waals surface area (Å²) in [6, 6.07) is 15.4. The SMILES string of the molecule is O=C1NCC2(CCCN(C(=O)c3cccc4c(-c5cc(CO)ccc5F)cccc34)C2)O1. The Kier molecular flexibility index (Phi) is 5.06. The predicted octanol–water partition coefficient (Wildman–Crippen LogP) is 3.85. The van der Waals surface area contributed by atoms with Crippen molar-refractivity contribution in [3.63, 3.8) is 0 Å². The number of aliphatic hydroxyl groups is 1. The van der Waals surface area contributed by atoms with Gasteiger partial charge in [0, 0.05) is 17.7 Å². The van der Waals surface area contributed by atoms with Gasteiger partial charge in [0.25, 0.3) is 5.91 Å². The van der Waals surface area contributed by atoms with E-state index >= 15 is 0 Å². The van der Waals surface area contributed by atoms with E-state index < -0.39 is 11.7 Å². The maximum absolute atomic E-state index is 14.7. The van der Waals surface area contributed by atoms with Crippen LogP contribution < -0.4 is 5.32 Å². The molecule has 2 fully saturated rings. The molecule has 0 aromatic heterocycles. The lowest BCUT2D eigenvalue weighted by molar-refractivity contribution is -0.00497. The molecule has 32 heavy (non-hydrogen) atoms. The molecule has 1 spiro atoms. The van der Waals surface area contributed by atoms with Crippen molar-refractivity contribution in [3.8, 4) is 11.1 Å². The summed E-state index contributed by atoms with van der Waals surface area (Å²) in [7, 11) is 0. The summed E-state index contributed by atoms with van der Waals surface area (Å²) >= 11 is 0. The summed E-state index contributed by atoms with van der Waals surface area (Å²) in [5.74, 6) is -0.528. The van der Waals surface area contributed by atoms with Crippen LogP contribution in [0.4, 0.5) is 9.18 Å². The monoisotopic (exact) mass is 434 g/mol. The molecule has 0 saturated carbocycles. The van der Waals surface area contributed by atoms with Crippen LogP contribution in [0.15, 0.2) is 54.6 Å². The molecule has 0 bridgehead atoms. The molecule has 6 nitrogen and oxygen atoms in total. The Hall–Kier alpha value is -3.45. The summed E-state index contributed by atoms with van der Waals surface area (Å²) < 4.78 is 20.2. The molecule has 2 saturated heterocycles. The minimum Gasteiger partial charge on any atom is -0.439 e. The number of nitrogens with zero attached hydrogens (tertiary/aromatic N) is 1. The number of ether oxygens (including phenoxy) is 1. The molecule has 3 aromatic rings. The van der Waals surface area contributed by atoms with Crippen LogP contribution in [0.1, 0.15) is 28.8 Å². The van der Waals surface area contributed by atoms with Crippen molar-refractivity contribution < 1.29 is 23.8 Å². The van der Waals surface area contributed by atoms with Crippen molar-refractivity contribution in [1.29, 1.82) is 0 Å². The van der Waals surface area contributed by atoms with Crippen molar-refractivity contribution in [3.05, 3.63) is 71.5 Å². The molecule has 2 aliphatic heterocycles. The second-order valence-corrected chi connectivity index (χ2v) is 8.43. The van der Waals surface area contributed by atoms with Crippen molar-refractivity contribution >= 4 is 22.8 Å². The van der Waals surface area contributed by atoms with Gasteiger partial charge in [-0.3, -0.25) is 4.79 Å². The first-order valence-electron chi connectivity index (χ1n) is 10.7. The number of nitrogens with one attached hydrogen (secondary N) is 1. The second-order valence-electron chi connectivity index (χ2n) is 8.43. The topological polar surface area (TPSA) is 78.9 Å². The van der Waals surface area contributed by atoms with Crippen molar-refractivity contribution in [2.24, 2.45) is 0 Å². The number of benzene rings is 3. The van der Waals surface area contributed by atoms with Gasteiger partial charge in [-0.1, -0.05) is 36.4 Å². The number of rotatable bonds is 3. The fraction of sp³-hybridized carbons (Fsp3) is 0.280. The maximum atomic E-state index is 14.7. The number of piperidine rings is 1. The number of fused-ring (bicyclic) bond motifs is 1. The van der Waals surface area contributed by atoms with Gasteiger partial charge in [0.2, 0.25) is 0 Å². The zero-order chi connectivity index (χ0) is 22.3. The van der Waals surface area contributed by atoms with Gasteiger partial charge in [-0.15, -0.1) is 0 Å². The number of likely N-dealkylation sites (tertiary alicyclic amines) is 1. The first kappa shape index (κ1) is 20.5. The number of carbonyl (C=O) groups excluding carboxylic acids is 2. The van der Waals surface area contributed by atoms with Crippen LogP contribution >= 0.6 is 0 Å². The highest BCUT2D eigenvalue weighted by molar-refractivity contribution is 6.10. The minimum atomic E-state index is -0.672. The van der Waals surface area contributed by atoms with Crippen LogP contribution in [0.25, 0.3) is 21.9 Å². The molecule has 0 aliphatic carbocycles. The molecule has 164 valence electrons. The Bertz CT molecular complexity index is 1230. The van der Waals surface area contributed by atoms with Crippen molar-refractivity contribution in [2.75, 3.05) is 19.6 Å². The molecule has 0 radical (unpaired) electrons. The highest BCUT2D eigenvalue weighted by atomic mass is 19.1. The molecule has 1 atom stereocenters. The zero-order valence-electron chi connectivity index (χ0n) is 17.4. The molecule has 2 amide bonds. The lowest BCUT2D eigenvalue weighted by Crippen LogP contribution is -2.52. The summed E-state index contributed by atoms with van der Waals surface area (Å²) in [6.45, 7) is 1.14. The number of halogens is 1. The van der Waals surface area contributed by atoms with E-state index in [2.05, 4.69) is 5.32 Å². The number of amides is 2. The normalized spacial score (nSPS) is 20.4. The standard InChI is InChI=1S/C25H23FN2O4/c26-22-9-8-16(13-29)12-21(22)19-6-1-5-18-17(19)4-2-7-20(18)23(30)28-11-3-10-25(15-28)14-27-24(31)32-25/h1-2,4-9,12,29H,3,10-11,13-15H2,(H,27,31). The first-order valence-corrected chi connectivity index (χ1v) is 10.7. The number of alkyl carbamates (subject to hydrolysis) is 1. The number of aliphatic hydroxyl groups excluding tert-OH is 1. The van der Waals surface area contributed by atoms with Gasteiger partial charge in [0.15, 0.2) is 0 Å². The average molecular weight is 434 g/mol. The molecule has 3 aromatic carbocycles. The summed E-state index contributed by atoms with van der Waals surface area (Å²) in [4.78, 5) is 26.8. The van der Waals surface area contributed by atoms with E-state index in [1.54, 1.807) is 35.2 Å². The second kappa shape index (κ2) is 7.91. The summed E-state index contributed by atoms with van der Waals surface area (Å²) in [5.41, 5.74) is 1.51. The average Bonchev–Trinajstić information content (AvgIpc) is 3.17. The highest BCUT2D eigenvalue weighted by Gasteiger charge is 2.45. The molecule has 1 unspecified atom stereocenters. The Morgan fingerprint density at radius 2 is 1.94 bits per heavy atom. The quantitative estimate of drug-likeness (QED) is 0.656. The number of carbonyl (C=O) groups is 2. The van der Waals surface area contributed by atoms with E-state index in [0.717, 1.165) is 23.6 Å². The van der Waals surface area contributed by atoms with Crippen LogP contribution in [0.5, 0.6) is 0 Å². The van der Waals surface area contributed by atoms with Crippen molar-refractivity contribution in [2.45, 2.75) is 25.0 Å². The Labute approximate surface area is 184 Å². The van der Waals surface area contributed by atoms with Gasteiger partial charge in [-0.05, 0) is 52.9 Å². The Morgan fingerprint density at radius 1 is 1.12 bits per heavy atom. The molecule has 5 rings (SSSR count). The van der Waals surface area contributed by atoms with Gasteiger partial charge in [0.05, 0.1) is 19.7 Å². The first-order chi connectivity index (χ1) is 15.5.